The Morgan fingerprint density at radius 3 is 2.33 bits per heavy atom. The van der Waals surface area contributed by atoms with E-state index < -0.39 is 5.78 Å². The summed E-state index contributed by atoms with van der Waals surface area (Å²) in [7, 11) is 1.37. The molecule has 0 heterocycles. The maximum absolute atomic E-state index is 12.6. The molecule has 0 aromatic heterocycles. The Bertz CT molecular complexity index is 805. The van der Waals surface area contributed by atoms with E-state index in [-0.39, 0.29) is 45.3 Å². The second-order valence-electron chi connectivity index (χ2n) is 4.86. The predicted octanol–water partition coefficient (Wildman–Crippen LogP) is 2.19. The molecule has 3 rings (SSSR count). The molecule has 0 saturated heterocycles. The van der Waals surface area contributed by atoms with E-state index >= 15 is 0 Å². The zero-order valence-corrected chi connectivity index (χ0v) is 11.4. The van der Waals surface area contributed by atoms with Gasteiger partial charge in [-0.05, 0) is 31.2 Å². The number of aromatic hydroxyl groups is 2. The topological polar surface area (TPSA) is 83.8 Å². The standard InChI is InChI=1S/C16H12O5/c1-7-12(18)6-11-13(16(7)21-2)15(20)10-5-8(17)3-4-9(10)14(11)19/h3-6,17-18H,1-2H3. The molecule has 2 aromatic carbocycles. The molecule has 1 aliphatic rings. The van der Waals surface area contributed by atoms with Gasteiger partial charge in [-0.1, -0.05) is 0 Å². The van der Waals surface area contributed by atoms with Crippen LogP contribution in [0.25, 0.3) is 0 Å². The molecule has 0 unspecified atom stereocenters. The van der Waals surface area contributed by atoms with Gasteiger partial charge in [0.15, 0.2) is 11.6 Å². The second-order valence-corrected chi connectivity index (χ2v) is 4.86. The van der Waals surface area contributed by atoms with E-state index in [1.165, 1.54) is 31.4 Å². The predicted molar refractivity (Wildman–Crippen MR) is 74.4 cm³/mol. The van der Waals surface area contributed by atoms with E-state index in [2.05, 4.69) is 0 Å². The smallest absolute Gasteiger partial charge is 0.198 e. The van der Waals surface area contributed by atoms with E-state index in [4.69, 9.17) is 4.74 Å². The van der Waals surface area contributed by atoms with E-state index in [0.717, 1.165) is 0 Å². The van der Waals surface area contributed by atoms with Crippen LogP contribution in [0.15, 0.2) is 24.3 Å². The van der Waals surface area contributed by atoms with Gasteiger partial charge in [-0.3, -0.25) is 9.59 Å². The van der Waals surface area contributed by atoms with Crippen molar-refractivity contribution in [1.29, 1.82) is 0 Å². The first-order valence-electron chi connectivity index (χ1n) is 6.28. The number of hydrogen-bond donors (Lipinski definition) is 2. The SMILES string of the molecule is COc1c(C)c(O)cc2c1C(=O)c1cc(O)ccc1C2=O. The Labute approximate surface area is 120 Å². The summed E-state index contributed by atoms with van der Waals surface area (Å²) in [4.78, 5) is 25.1. The fourth-order valence-corrected chi connectivity index (χ4v) is 2.60. The Morgan fingerprint density at radius 1 is 0.952 bits per heavy atom. The van der Waals surface area contributed by atoms with Crippen molar-refractivity contribution in [3.8, 4) is 17.2 Å². The molecule has 1 aliphatic carbocycles. The maximum Gasteiger partial charge on any atom is 0.198 e. The molecule has 0 spiro atoms. The third-order valence-electron chi connectivity index (χ3n) is 3.67. The molecule has 5 nitrogen and oxygen atoms in total. The van der Waals surface area contributed by atoms with E-state index in [1.54, 1.807) is 6.92 Å². The molecule has 106 valence electrons. The van der Waals surface area contributed by atoms with Crippen LogP contribution in [-0.4, -0.2) is 28.9 Å². The molecule has 21 heavy (non-hydrogen) atoms. The minimum atomic E-state index is -0.407. The van der Waals surface area contributed by atoms with Crippen LogP contribution in [0.3, 0.4) is 0 Å². The fraction of sp³-hybridized carbons (Fsp3) is 0.125. The second kappa shape index (κ2) is 4.34. The third-order valence-corrected chi connectivity index (χ3v) is 3.67. The van der Waals surface area contributed by atoms with Gasteiger partial charge >= 0.3 is 0 Å². The average molecular weight is 284 g/mol. The third kappa shape index (κ3) is 1.71. The number of methoxy groups -OCH3 is 1. The van der Waals surface area contributed by atoms with Gasteiger partial charge < -0.3 is 14.9 Å². The lowest BCUT2D eigenvalue weighted by Gasteiger charge is -2.21. The van der Waals surface area contributed by atoms with Crippen molar-refractivity contribution in [2.45, 2.75) is 6.92 Å². The maximum atomic E-state index is 12.6. The summed E-state index contributed by atoms with van der Waals surface area (Å²) in [6.45, 7) is 1.60. The summed E-state index contributed by atoms with van der Waals surface area (Å²) < 4.78 is 5.19. The number of fused-ring (bicyclic) bond motifs is 2. The average Bonchev–Trinajstić information content (AvgIpc) is 2.46. The minimum absolute atomic E-state index is 0.0900. The first-order chi connectivity index (χ1) is 9.95. The molecule has 5 heteroatoms. The Hall–Kier alpha value is -2.82. The first kappa shape index (κ1) is 13.2. The van der Waals surface area contributed by atoms with Gasteiger partial charge in [0, 0.05) is 22.3 Å². The van der Waals surface area contributed by atoms with Gasteiger partial charge in [0.25, 0.3) is 0 Å². The van der Waals surface area contributed by atoms with Crippen LogP contribution in [0.4, 0.5) is 0 Å². The van der Waals surface area contributed by atoms with Crippen molar-refractivity contribution in [2.24, 2.45) is 0 Å². The monoisotopic (exact) mass is 284 g/mol. The molecule has 2 N–H and O–H groups in total. The van der Waals surface area contributed by atoms with Gasteiger partial charge in [0.2, 0.25) is 0 Å². The van der Waals surface area contributed by atoms with Crippen molar-refractivity contribution < 1.29 is 24.5 Å². The summed E-state index contributed by atoms with van der Waals surface area (Å²) in [5, 5.41) is 19.4. The van der Waals surface area contributed by atoms with Gasteiger partial charge in [-0.2, -0.15) is 0 Å². The number of phenols is 2. The zero-order chi connectivity index (χ0) is 15.3. The first-order valence-corrected chi connectivity index (χ1v) is 6.28. The number of phenolic OH excluding ortho intramolecular Hbond substituents is 2. The van der Waals surface area contributed by atoms with Crippen LogP contribution in [0.5, 0.6) is 17.2 Å². The molecule has 2 aromatic rings. The van der Waals surface area contributed by atoms with Crippen LogP contribution in [0.1, 0.15) is 37.4 Å². The summed E-state index contributed by atoms with van der Waals surface area (Å²) in [5.74, 6) is -0.803. The Balaban J connectivity index is 2.38. The number of ketones is 2. The molecule has 0 atom stereocenters. The zero-order valence-electron chi connectivity index (χ0n) is 11.4. The number of hydrogen-bond acceptors (Lipinski definition) is 5. The fourth-order valence-electron chi connectivity index (χ4n) is 2.60. The number of carbonyl (C=O) groups excluding carboxylic acids is 2. The van der Waals surface area contributed by atoms with E-state index in [9.17, 15) is 19.8 Å². The molecule has 0 saturated carbocycles. The normalized spacial score (nSPS) is 12.9. The van der Waals surface area contributed by atoms with Crippen LogP contribution in [0, 0.1) is 6.92 Å². The van der Waals surface area contributed by atoms with Crippen LogP contribution < -0.4 is 4.74 Å². The highest BCUT2D eigenvalue weighted by atomic mass is 16.5. The largest absolute Gasteiger partial charge is 0.508 e. The Morgan fingerprint density at radius 2 is 1.67 bits per heavy atom. The quantitative estimate of drug-likeness (QED) is 0.715. The molecule has 0 amide bonds. The molecule has 0 aliphatic heterocycles. The highest BCUT2D eigenvalue weighted by Crippen LogP contribution is 2.40. The van der Waals surface area contributed by atoms with Gasteiger partial charge in [0.05, 0.1) is 12.7 Å². The molecule has 0 fully saturated rings. The highest BCUT2D eigenvalue weighted by molar-refractivity contribution is 6.29. The van der Waals surface area contributed by atoms with E-state index in [1.807, 2.05) is 0 Å². The van der Waals surface area contributed by atoms with Crippen LogP contribution in [-0.2, 0) is 0 Å². The van der Waals surface area contributed by atoms with Crippen LogP contribution >= 0.6 is 0 Å². The van der Waals surface area contributed by atoms with Gasteiger partial charge in [-0.15, -0.1) is 0 Å². The number of benzene rings is 2. The summed E-state index contributed by atoms with van der Waals surface area (Å²) >= 11 is 0. The lowest BCUT2D eigenvalue weighted by Crippen LogP contribution is -2.22. The summed E-state index contributed by atoms with van der Waals surface area (Å²) in [6.07, 6.45) is 0. The van der Waals surface area contributed by atoms with Crippen molar-refractivity contribution >= 4 is 11.6 Å². The molecule has 0 bridgehead atoms. The minimum Gasteiger partial charge on any atom is -0.508 e. The number of carbonyl (C=O) groups is 2. The van der Waals surface area contributed by atoms with Crippen molar-refractivity contribution in [1.82, 2.24) is 0 Å². The molecular weight excluding hydrogens is 272 g/mol. The number of ether oxygens (including phenoxy) is 1. The van der Waals surface area contributed by atoms with Crippen molar-refractivity contribution in [3.63, 3.8) is 0 Å². The summed E-state index contributed by atoms with van der Waals surface area (Å²) in [6, 6.07) is 5.29. The van der Waals surface area contributed by atoms with Gasteiger partial charge in [-0.25, -0.2) is 0 Å². The lowest BCUT2D eigenvalue weighted by molar-refractivity contribution is 0.0976. The Kier molecular flexibility index (Phi) is 2.73. The van der Waals surface area contributed by atoms with Gasteiger partial charge in [0.1, 0.15) is 17.2 Å². The highest BCUT2D eigenvalue weighted by Gasteiger charge is 2.34. The number of rotatable bonds is 1. The molecular formula is C16H12O5. The van der Waals surface area contributed by atoms with E-state index in [0.29, 0.717) is 5.56 Å². The lowest BCUT2D eigenvalue weighted by atomic mass is 9.82. The van der Waals surface area contributed by atoms with Crippen LogP contribution in [0.2, 0.25) is 0 Å². The van der Waals surface area contributed by atoms with Crippen molar-refractivity contribution in [2.75, 3.05) is 7.11 Å². The summed E-state index contributed by atoms with van der Waals surface area (Å²) in [5.41, 5.74) is 0.960. The van der Waals surface area contributed by atoms with Crippen molar-refractivity contribution in [3.05, 3.63) is 52.1 Å². The molecule has 0 radical (unpaired) electrons.